The first-order valence-corrected chi connectivity index (χ1v) is 10.5. The third-order valence-electron chi connectivity index (χ3n) is 4.33. The lowest BCUT2D eigenvalue weighted by molar-refractivity contribution is -0.113. The van der Waals surface area contributed by atoms with Crippen LogP contribution in [0.25, 0.3) is 21.1 Å². The Balaban J connectivity index is 1.31. The fourth-order valence-electron chi connectivity index (χ4n) is 3.01. The van der Waals surface area contributed by atoms with E-state index >= 15 is 0 Å². The van der Waals surface area contributed by atoms with Gasteiger partial charge in [0.25, 0.3) is 0 Å². The molecular formula is C20H15N3O3S2. The van der Waals surface area contributed by atoms with Crippen molar-refractivity contribution >= 4 is 55.3 Å². The number of thiazole rings is 1. The van der Waals surface area contributed by atoms with Crippen molar-refractivity contribution in [3.8, 4) is 11.5 Å². The molecule has 0 aliphatic carbocycles. The molecule has 0 atom stereocenters. The summed E-state index contributed by atoms with van der Waals surface area (Å²) >= 11 is 2.88. The summed E-state index contributed by atoms with van der Waals surface area (Å²) in [6, 6.07) is 13.7. The van der Waals surface area contributed by atoms with E-state index < -0.39 is 0 Å². The average molecular weight is 409 g/mol. The number of benzene rings is 2. The second kappa shape index (κ2) is 6.96. The Bertz CT molecular complexity index is 1190. The highest BCUT2D eigenvalue weighted by atomic mass is 32.2. The minimum absolute atomic E-state index is 0.101. The van der Waals surface area contributed by atoms with Crippen LogP contribution in [0.4, 0.5) is 5.13 Å². The van der Waals surface area contributed by atoms with Crippen molar-refractivity contribution in [3.05, 3.63) is 48.0 Å². The Morgan fingerprint density at radius 2 is 1.96 bits per heavy atom. The van der Waals surface area contributed by atoms with E-state index in [1.807, 2.05) is 43.3 Å². The molecule has 5 rings (SSSR count). The van der Waals surface area contributed by atoms with Crippen molar-refractivity contribution in [1.29, 1.82) is 0 Å². The number of ether oxygens (including phenoxy) is 2. The average Bonchev–Trinajstić information content (AvgIpc) is 3.30. The quantitative estimate of drug-likeness (QED) is 0.496. The zero-order valence-electron chi connectivity index (χ0n) is 14.9. The van der Waals surface area contributed by atoms with Crippen LogP contribution in [0.2, 0.25) is 0 Å². The summed E-state index contributed by atoms with van der Waals surface area (Å²) in [5.41, 5.74) is 2.73. The van der Waals surface area contributed by atoms with Gasteiger partial charge in [-0.25, -0.2) is 9.97 Å². The number of pyridine rings is 1. The number of carbonyl (C=O) groups excluding carboxylic acids is 1. The highest BCUT2D eigenvalue weighted by Crippen LogP contribution is 2.37. The monoisotopic (exact) mass is 409 g/mol. The van der Waals surface area contributed by atoms with Crippen LogP contribution in [-0.4, -0.2) is 28.4 Å². The number of hydrogen-bond acceptors (Lipinski definition) is 7. The van der Waals surface area contributed by atoms with Crippen LogP contribution in [0.3, 0.4) is 0 Å². The maximum Gasteiger partial charge on any atom is 0.236 e. The van der Waals surface area contributed by atoms with Gasteiger partial charge in [0, 0.05) is 11.5 Å². The van der Waals surface area contributed by atoms with Gasteiger partial charge in [-0.05, 0) is 36.8 Å². The number of hydrogen-bond donors (Lipinski definition) is 1. The number of para-hydroxylation sites is 1. The van der Waals surface area contributed by atoms with Gasteiger partial charge in [0.15, 0.2) is 16.6 Å². The predicted molar refractivity (Wildman–Crippen MR) is 112 cm³/mol. The topological polar surface area (TPSA) is 73.3 Å². The highest BCUT2D eigenvalue weighted by molar-refractivity contribution is 8.00. The van der Waals surface area contributed by atoms with Crippen LogP contribution in [-0.2, 0) is 4.79 Å². The lowest BCUT2D eigenvalue weighted by Crippen LogP contribution is -2.14. The zero-order chi connectivity index (χ0) is 19.1. The first kappa shape index (κ1) is 17.3. The van der Waals surface area contributed by atoms with Gasteiger partial charge in [-0.3, -0.25) is 4.79 Å². The van der Waals surface area contributed by atoms with Gasteiger partial charge in [-0.1, -0.05) is 35.2 Å². The van der Waals surface area contributed by atoms with E-state index in [1.54, 1.807) is 0 Å². The van der Waals surface area contributed by atoms with Crippen molar-refractivity contribution in [1.82, 2.24) is 9.97 Å². The molecule has 28 heavy (non-hydrogen) atoms. The molecule has 0 radical (unpaired) electrons. The van der Waals surface area contributed by atoms with E-state index in [2.05, 4.69) is 16.4 Å². The van der Waals surface area contributed by atoms with Crippen LogP contribution in [0, 0.1) is 6.92 Å². The van der Waals surface area contributed by atoms with Gasteiger partial charge < -0.3 is 14.8 Å². The first-order chi connectivity index (χ1) is 13.7. The Kier molecular flexibility index (Phi) is 4.29. The van der Waals surface area contributed by atoms with Gasteiger partial charge in [0.05, 0.1) is 21.5 Å². The molecule has 2 aromatic carbocycles. The van der Waals surface area contributed by atoms with Gasteiger partial charge in [-0.2, -0.15) is 0 Å². The summed E-state index contributed by atoms with van der Waals surface area (Å²) in [7, 11) is 0. The number of fused-ring (bicyclic) bond motifs is 3. The molecule has 0 spiro atoms. The normalized spacial score (nSPS) is 12.6. The summed E-state index contributed by atoms with van der Waals surface area (Å²) in [4.78, 5) is 21.5. The summed E-state index contributed by atoms with van der Waals surface area (Å²) in [5.74, 6) is 1.61. The van der Waals surface area contributed by atoms with E-state index in [-0.39, 0.29) is 18.5 Å². The zero-order valence-corrected chi connectivity index (χ0v) is 16.5. The fraction of sp³-hybridized carbons (Fsp3) is 0.150. The largest absolute Gasteiger partial charge is 0.454 e. The second-order valence-electron chi connectivity index (χ2n) is 6.33. The van der Waals surface area contributed by atoms with Gasteiger partial charge >= 0.3 is 0 Å². The Labute approximate surface area is 168 Å². The SMILES string of the molecule is Cc1cc2cc3c(cc2nc1SCC(=O)Nc1nc2ccccc2s1)OCO3. The molecule has 140 valence electrons. The smallest absolute Gasteiger partial charge is 0.236 e. The molecule has 4 aromatic rings. The van der Waals surface area contributed by atoms with Crippen LogP contribution in [0.5, 0.6) is 11.5 Å². The molecule has 8 heteroatoms. The number of anilines is 1. The van der Waals surface area contributed by atoms with E-state index in [0.29, 0.717) is 10.9 Å². The number of nitrogens with one attached hydrogen (secondary N) is 1. The molecule has 0 fully saturated rings. The van der Waals surface area contributed by atoms with E-state index in [1.165, 1.54) is 23.1 Å². The fourth-order valence-corrected chi connectivity index (χ4v) is 4.68. The van der Waals surface area contributed by atoms with E-state index in [9.17, 15) is 4.79 Å². The standard InChI is InChI=1S/C20H15N3O3S2/c1-11-6-12-7-15-16(26-10-25-15)8-14(12)21-19(11)27-9-18(24)23-20-22-13-4-2-3-5-17(13)28-20/h2-8H,9-10H2,1H3,(H,22,23,24). The van der Waals surface area contributed by atoms with Gasteiger partial charge in [-0.15, -0.1) is 0 Å². The third-order valence-corrected chi connectivity index (χ3v) is 6.38. The number of nitrogens with zero attached hydrogens (tertiary/aromatic N) is 2. The Morgan fingerprint density at radius 3 is 2.82 bits per heavy atom. The number of carbonyl (C=O) groups is 1. The van der Waals surface area contributed by atoms with Gasteiger partial charge in [0.2, 0.25) is 12.7 Å². The Hall–Kier alpha value is -2.84. The van der Waals surface area contributed by atoms with E-state index in [4.69, 9.17) is 14.5 Å². The lowest BCUT2D eigenvalue weighted by Gasteiger charge is -2.08. The minimum atomic E-state index is -0.101. The number of amides is 1. The lowest BCUT2D eigenvalue weighted by atomic mass is 10.1. The first-order valence-electron chi connectivity index (χ1n) is 8.65. The molecule has 0 bridgehead atoms. The molecule has 1 amide bonds. The van der Waals surface area contributed by atoms with Crippen molar-refractivity contribution in [3.63, 3.8) is 0 Å². The number of aromatic nitrogens is 2. The summed E-state index contributed by atoms with van der Waals surface area (Å²) in [6.45, 7) is 2.23. The summed E-state index contributed by atoms with van der Waals surface area (Å²) < 4.78 is 11.9. The minimum Gasteiger partial charge on any atom is -0.454 e. The number of aryl methyl sites for hydroxylation is 1. The van der Waals surface area contributed by atoms with Crippen LogP contribution in [0.15, 0.2) is 47.5 Å². The molecule has 0 saturated carbocycles. The van der Waals surface area contributed by atoms with E-state index in [0.717, 1.165) is 37.5 Å². The molecular weight excluding hydrogens is 394 g/mol. The van der Waals surface area contributed by atoms with Crippen LogP contribution in [0.1, 0.15) is 5.56 Å². The van der Waals surface area contributed by atoms with Crippen molar-refractivity contribution in [2.24, 2.45) is 0 Å². The highest BCUT2D eigenvalue weighted by Gasteiger charge is 2.16. The molecule has 6 nitrogen and oxygen atoms in total. The molecule has 0 saturated heterocycles. The summed E-state index contributed by atoms with van der Waals surface area (Å²) in [5, 5.41) is 5.30. The maximum atomic E-state index is 12.4. The molecule has 0 unspecified atom stereocenters. The molecule has 3 heterocycles. The van der Waals surface area contributed by atoms with Crippen LogP contribution >= 0.6 is 23.1 Å². The predicted octanol–water partition coefficient (Wildman–Crippen LogP) is 4.61. The molecule has 1 N–H and O–H groups in total. The summed E-state index contributed by atoms with van der Waals surface area (Å²) in [6.07, 6.45) is 0. The number of rotatable bonds is 4. The Morgan fingerprint density at radius 1 is 1.14 bits per heavy atom. The van der Waals surface area contributed by atoms with Gasteiger partial charge in [0.1, 0.15) is 5.03 Å². The third kappa shape index (κ3) is 3.25. The van der Waals surface area contributed by atoms with Crippen molar-refractivity contribution in [2.75, 3.05) is 17.9 Å². The second-order valence-corrected chi connectivity index (χ2v) is 8.33. The maximum absolute atomic E-state index is 12.4. The van der Waals surface area contributed by atoms with Crippen molar-refractivity contribution < 1.29 is 14.3 Å². The molecule has 1 aliphatic rings. The number of thioether (sulfide) groups is 1. The molecule has 1 aliphatic heterocycles. The van der Waals surface area contributed by atoms with Crippen molar-refractivity contribution in [2.45, 2.75) is 11.9 Å². The molecule has 2 aromatic heterocycles. The van der Waals surface area contributed by atoms with Crippen LogP contribution < -0.4 is 14.8 Å².